The average molecular weight is 378 g/mol. The van der Waals surface area contributed by atoms with Crippen LogP contribution in [0.25, 0.3) is 0 Å². The monoisotopic (exact) mass is 377 g/mol. The van der Waals surface area contributed by atoms with Gasteiger partial charge in [0.2, 0.25) is 0 Å². The van der Waals surface area contributed by atoms with E-state index in [0.29, 0.717) is 12.5 Å². The number of allylic oxidation sites excluding steroid dienone is 1. The Hall–Kier alpha value is 0.180. The third-order valence-electron chi connectivity index (χ3n) is 4.79. The van der Waals surface area contributed by atoms with Crippen molar-refractivity contribution >= 4 is 18.1 Å². The van der Waals surface area contributed by atoms with Gasteiger partial charge in [-0.25, -0.2) is 5.09 Å². The van der Waals surface area contributed by atoms with Crippen LogP contribution in [0.1, 0.15) is 90.9 Å². The van der Waals surface area contributed by atoms with Crippen LogP contribution >= 0.6 is 18.1 Å². The maximum Gasteiger partial charge on any atom is 0.360 e. The van der Waals surface area contributed by atoms with Crippen molar-refractivity contribution < 1.29 is 9.09 Å². The zero-order chi connectivity index (χ0) is 17.7. The van der Waals surface area contributed by atoms with Gasteiger partial charge in [0.25, 0.3) is 0 Å². The summed E-state index contributed by atoms with van der Waals surface area (Å²) in [4.78, 5) is 0. The highest BCUT2D eigenvalue weighted by atomic mass is 35.7. The van der Waals surface area contributed by atoms with E-state index in [2.05, 4.69) is 31.1 Å². The molecule has 3 atom stereocenters. The summed E-state index contributed by atoms with van der Waals surface area (Å²) in [6, 6.07) is 0.0712. The van der Waals surface area contributed by atoms with Gasteiger partial charge in [0.1, 0.15) is 0 Å². The fourth-order valence-corrected chi connectivity index (χ4v) is 4.77. The standard InChI is InChI=1S/C19H37ClNO2P/c1-3-4-5-6-7-8-9-10-11-12-13-14-15-16-18(2)19-17-23-24(20,22)21-19/h15-16,18-19H,3-14,17H2,1-2H3,(H,21,22)/t18-,19+,24?/m1/s1. The van der Waals surface area contributed by atoms with Gasteiger partial charge in [0, 0.05) is 6.04 Å². The third kappa shape index (κ3) is 10.9. The van der Waals surface area contributed by atoms with Gasteiger partial charge in [-0.2, -0.15) is 0 Å². The van der Waals surface area contributed by atoms with Gasteiger partial charge in [-0.3, -0.25) is 4.57 Å². The minimum absolute atomic E-state index is 0.0712. The van der Waals surface area contributed by atoms with Crippen molar-refractivity contribution in [2.75, 3.05) is 6.61 Å². The summed E-state index contributed by atoms with van der Waals surface area (Å²) in [6.07, 6.45) is 20.8. The van der Waals surface area contributed by atoms with Gasteiger partial charge in [-0.1, -0.05) is 90.2 Å². The number of hydrogen-bond acceptors (Lipinski definition) is 2. The number of halogens is 1. The molecule has 0 spiro atoms. The van der Waals surface area contributed by atoms with Crippen LogP contribution in [-0.2, 0) is 9.09 Å². The second-order valence-electron chi connectivity index (χ2n) is 7.12. The highest BCUT2D eigenvalue weighted by molar-refractivity contribution is 7.83. The predicted molar refractivity (Wildman–Crippen MR) is 106 cm³/mol. The zero-order valence-electron chi connectivity index (χ0n) is 15.6. The average Bonchev–Trinajstić information content (AvgIpc) is 2.92. The summed E-state index contributed by atoms with van der Waals surface area (Å²) in [6.45, 7) is 1.78. The lowest BCUT2D eigenvalue weighted by Crippen LogP contribution is -2.27. The minimum atomic E-state index is -3.04. The molecule has 142 valence electrons. The van der Waals surface area contributed by atoms with Crippen LogP contribution in [0.5, 0.6) is 0 Å². The van der Waals surface area contributed by atoms with Gasteiger partial charge < -0.3 is 4.52 Å². The summed E-state index contributed by atoms with van der Waals surface area (Å²) >= 11 is 5.69. The summed E-state index contributed by atoms with van der Waals surface area (Å²) in [5, 5.41) is 2.87. The summed E-state index contributed by atoms with van der Waals surface area (Å²) in [5.74, 6) is 0.298. The fourth-order valence-electron chi connectivity index (χ4n) is 3.09. The normalized spacial score (nSPS) is 25.5. The molecule has 1 saturated heterocycles. The highest BCUT2D eigenvalue weighted by Crippen LogP contribution is 2.53. The zero-order valence-corrected chi connectivity index (χ0v) is 17.3. The van der Waals surface area contributed by atoms with Crippen LogP contribution < -0.4 is 5.09 Å². The van der Waals surface area contributed by atoms with E-state index in [9.17, 15) is 4.57 Å². The molecule has 1 heterocycles. The van der Waals surface area contributed by atoms with E-state index in [1.807, 2.05) is 0 Å². The van der Waals surface area contributed by atoms with Gasteiger partial charge in [-0.05, 0) is 30.0 Å². The molecule has 1 N–H and O–H groups in total. The van der Waals surface area contributed by atoms with Crippen molar-refractivity contribution in [3.63, 3.8) is 0 Å². The van der Waals surface area contributed by atoms with Crippen molar-refractivity contribution in [2.45, 2.75) is 96.9 Å². The third-order valence-corrected chi connectivity index (χ3v) is 6.50. The first-order valence-electron chi connectivity index (χ1n) is 9.94. The van der Waals surface area contributed by atoms with Crippen LogP contribution in [0.3, 0.4) is 0 Å². The van der Waals surface area contributed by atoms with Crippen molar-refractivity contribution in [1.29, 1.82) is 0 Å². The fraction of sp³-hybridized carbons (Fsp3) is 0.895. The topological polar surface area (TPSA) is 38.3 Å². The molecule has 1 aliphatic rings. The predicted octanol–water partition coefficient (Wildman–Crippen LogP) is 7.22. The second kappa shape index (κ2) is 13.4. The SMILES string of the molecule is CCCCCCCCCCCCCC=C[C@@H](C)[C@@H]1COP(=O)(Cl)N1. The van der Waals surface area contributed by atoms with E-state index in [4.69, 9.17) is 15.8 Å². The molecule has 1 rings (SSSR count). The molecule has 0 aromatic carbocycles. The summed E-state index contributed by atoms with van der Waals surface area (Å²) in [5.41, 5.74) is 0. The first-order chi connectivity index (χ1) is 11.5. The van der Waals surface area contributed by atoms with Crippen molar-refractivity contribution in [1.82, 2.24) is 5.09 Å². The van der Waals surface area contributed by atoms with Crippen LogP contribution in [0.2, 0.25) is 0 Å². The van der Waals surface area contributed by atoms with E-state index in [-0.39, 0.29) is 6.04 Å². The van der Waals surface area contributed by atoms with Crippen molar-refractivity contribution in [3.8, 4) is 0 Å². The molecule has 3 nitrogen and oxygen atoms in total. The largest absolute Gasteiger partial charge is 0.360 e. The highest BCUT2D eigenvalue weighted by Gasteiger charge is 2.34. The van der Waals surface area contributed by atoms with Gasteiger partial charge in [0.15, 0.2) is 0 Å². The molecular weight excluding hydrogens is 341 g/mol. The number of unbranched alkanes of at least 4 members (excludes halogenated alkanes) is 11. The lowest BCUT2D eigenvalue weighted by atomic mass is 10.0. The van der Waals surface area contributed by atoms with E-state index >= 15 is 0 Å². The smallest absolute Gasteiger partial charge is 0.305 e. The molecule has 0 bridgehead atoms. The van der Waals surface area contributed by atoms with E-state index in [1.165, 1.54) is 70.6 Å². The maximum atomic E-state index is 11.5. The lowest BCUT2D eigenvalue weighted by Gasteiger charge is -2.13. The molecule has 0 aromatic heterocycles. The molecule has 0 saturated carbocycles. The van der Waals surface area contributed by atoms with Crippen LogP contribution in [0.4, 0.5) is 0 Å². The molecule has 0 amide bonds. The van der Waals surface area contributed by atoms with E-state index < -0.39 is 6.87 Å². The van der Waals surface area contributed by atoms with Gasteiger partial charge >= 0.3 is 6.87 Å². The molecule has 1 fully saturated rings. The quantitative estimate of drug-likeness (QED) is 0.197. The number of nitrogens with one attached hydrogen (secondary N) is 1. The Morgan fingerprint density at radius 2 is 1.62 bits per heavy atom. The summed E-state index contributed by atoms with van der Waals surface area (Å²) < 4.78 is 16.6. The van der Waals surface area contributed by atoms with E-state index in [0.717, 1.165) is 6.42 Å². The Morgan fingerprint density at radius 1 is 1.08 bits per heavy atom. The second-order valence-corrected chi connectivity index (χ2v) is 9.93. The first kappa shape index (κ1) is 22.2. The first-order valence-corrected chi connectivity index (χ1v) is 12.5. The minimum Gasteiger partial charge on any atom is -0.305 e. The molecule has 1 aliphatic heterocycles. The number of hydrogen-bond donors (Lipinski definition) is 1. The van der Waals surface area contributed by atoms with Crippen LogP contribution in [0, 0.1) is 5.92 Å². The van der Waals surface area contributed by atoms with Crippen LogP contribution in [0.15, 0.2) is 12.2 Å². The maximum absolute atomic E-state index is 11.5. The molecular formula is C19H37ClNO2P. The van der Waals surface area contributed by atoms with E-state index in [1.54, 1.807) is 0 Å². The van der Waals surface area contributed by atoms with Gasteiger partial charge in [-0.15, -0.1) is 0 Å². The van der Waals surface area contributed by atoms with Crippen molar-refractivity contribution in [2.24, 2.45) is 5.92 Å². The molecule has 1 unspecified atom stereocenters. The molecule has 24 heavy (non-hydrogen) atoms. The van der Waals surface area contributed by atoms with Crippen molar-refractivity contribution in [3.05, 3.63) is 12.2 Å². The Balaban J connectivity index is 1.89. The Labute approximate surface area is 154 Å². The Bertz CT molecular complexity index is 390. The Kier molecular flexibility index (Phi) is 12.4. The van der Waals surface area contributed by atoms with Crippen LogP contribution in [-0.4, -0.2) is 12.6 Å². The number of rotatable bonds is 14. The molecule has 0 aromatic rings. The Morgan fingerprint density at radius 3 is 2.12 bits per heavy atom. The summed E-state index contributed by atoms with van der Waals surface area (Å²) in [7, 11) is 0. The molecule has 0 radical (unpaired) electrons. The lowest BCUT2D eigenvalue weighted by molar-refractivity contribution is 0.321. The molecule has 5 heteroatoms. The van der Waals surface area contributed by atoms with Gasteiger partial charge in [0.05, 0.1) is 6.61 Å². The molecule has 0 aliphatic carbocycles.